The van der Waals surface area contributed by atoms with Crippen LogP contribution in [0.15, 0.2) is 59.7 Å². The van der Waals surface area contributed by atoms with E-state index in [2.05, 4.69) is 23.8 Å². The van der Waals surface area contributed by atoms with Crippen LogP contribution in [0.25, 0.3) is 0 Å². The number of rotatable bonds is 13. The van der Waals surface area contributed by atoms with Crippen molar-refractivity contribution in [2.75, 3.05) is 0 Å². The molecule has 33 heavy (non-hydrogen) atoms. The van der Waals surface area contributed by atoms with E-state index in [1.807, 2.05) is 42.6 Å². The van der Waals surface area contributed by atoms with Crippen molar-refractivity contribution in [2.45, 2.75) is 71.6 Å². The van der Waals surface area contributed by atoms with Crippen LogP contribution in [0.5, 0.6) is 5.75 Å². The molecule has 0 atom stereocenters. The van der Waals surface area contributed by atoms with Gasteiger partial charge in [-0.05, 0) is 73.2 Å². The molecule has 0 bridgehead atoms. The van der Waals surface area contributed by atoms with Crippen molar-refractivity contribution in [1.82, 2.24) is 4.98 Å². The van der Waals surface area contributed by atoms with Gasteiger partial charge in [-0.3, -0.25) is 0 Å². The lowest BCUT2D eigenvalue weighted by atomic mass is 10.0. The molecule has 0 aliphatic heterocycles. The Morgan fingerprint density at radius 3 is 2.33 bits per heavy atom. The number of unbranched alkanes of at least 4 members (excludes halogenated alkanes) is 5. The van der Waals surface area contributed by atoms with Gasteiger partial charge in [0, 0.05) is 17.3 Å². The Hall–Kier alpha value is -2.79. The molecule has 0 aliphatic carbocycles. The van der Waals surface area contributed by atoms with Crippen molar-refractivity contribution < 1.29 is 9.53 Å². The first-order valence-corrected chi connectivity index (χ1v) is 12.9. The Balaban J connectivity index is 1.48. The van der Waals surface area contributed by atoms with Crippen LogP contribution in [0.1, 0.15) is 85.2 Å². The fourth-order valence-corrected chi connectivity index (χ4v) is 4.30. The van der Waals surface area contributed by atoms with Gasteiger partial charge in [-0.25, -0.2) is 14.8 Å². The first-order valence-electron chi connectivity index (χ1n) is 12.1. The van der Waals surface area contributed by atoms with Gasteiger partial charge in [0.1, 0.15) is 5.75 Å². The van der Waals surface area contributed by atoms with Crippen molar-refractivity contribution >= 4 is 28.7 Å². The number of nitrogens with zero attached hydrogens (tertiary/aromatic N) is 2. The lowest BCUT2D eigenvalue weighted by Gasteiger charge is -2.06. The maximum Gasteiger partial charge on any atom is 0.343 e. The van der Waals surface area contributed by atoms with E-state index in [-0.39, 0.29) is 5.97 Å². The SMILES string of the molecule is CCCCCCc1ccc(C(=O)Oc2ccc(/C=N\c3ncc(CCCCC)s3)cc2)cc1. The number of thiazole rings is 1. The summed E-state index contributed by atoms with van der Waals surface area (Å²) < 4.78 is 5.53. The summed E-state index contributed by atoms with van der Waals surface area (Å²) in [6.45, 7) is 4.43. The van der Waals surface area contributed by atoms with Gasteiger partial charge < -0.3 is 4.74 Å². The van der Waals surface area contributed by atoms with E-state index in [9.17, 15) is 4.79 Å². The molecule has 0 radical (unpaired) electrons. The van der Waals surface area contributed by atoms with Crippen molar-refractivity contribution in [3.63, 3.8) is 0 Å². The Morgan fingerprint density at radius 1 is 0.909 bits per heavy atom. The molecular weight excluding hydrogens is 428 g/mol. The molecule has 0 spiro atoms. The predicted molar refractivity (Wildman–Crippen MR) is 138 cm³/mol. The van der Waals surface area contributed by atoms with Crippen LogP contribution >= 0.6 is 11.3 Å². The normalized spacial score (nSPS) is 11.2. The molecule has 0 N–H and O–H groups in total. The van der Waals surface area contributed by atoms with Gasteiger partial charge in [-0.1, -0.05) is 69.4 Å². The van der Waals surface area contributed by atoms with Crippen LogP contribution in [-0.2, 0) is 12.8 Å². The molecule has 4 nitrogen and oxygen atoms in total. The highest BCUT2D eigenvalue weighted by Gasteiger charge is 2.09. The number of benzene rings is 2. The van der Waals surface area contributed by atoms with Crippen molar-refractivity contribution in [3.8, 4) is 5.75 Å². The number of carbonyl (C=O) groups is 1. The number of esters is 1. The molecule has 3 aromatic rings. The zero-order valence-corrected chi connectivity index (χ0v) is 20.6. The highest BCUT2D eigenvalue weighted by molar-refractivity contribution is 7.15. The zero-order valence-electron chi connectivity index (χ0n) is 19.8. The van der Waals surface area contributed by atoms with Crippen molar-refractivity contribution in [1.29, 1.82) is 0 Å². The molecule has 0 amide bonds. The highest BCUT2D eigenvalue weighted by atomic mass is 32.1. The standard InChI is InChI=1S/C28H34N2O2S/c1-3-5-7-9-10-22-12-16-24(17-13-22)27(31)32-25-18-14-23(15-19-25)20-29-28-30-21-26(33-28)11-8-6-4-2/h12-21H,3-11H2,1-2H3/b29-20-. The number of hydrogen-bond donors (Lipinski definition) is 0. The average molecular weight is 463 g/mol. The summed E-state index contributed by atoms with van der Waals surface area (Å²) in [6.07, 6.45) is 14.5. The minimum absolute atomic E-state index is 0.340. The van der Waals surface area contributed by atoms with Gasteiger partial charge in [0.05, 0.1) is 5.56 Å². The lowest BCUT2D eigenvalue weighted by molar-refractivity contribution is 0.0734. The molecule has 0 aliphatic rings. The van der Waals surface area contributed by atoms with Crippen LogP contribution < -0.4 is 4.74 Å². The van der Waals surface area contributed by atoms with Gasteiger partial charge in [0.25, 0.3) is 0 Å². The predicted octanol–water partition coefficient (Wildman–Crippen LogP) is 7.97. The molecule has 174 valence electrons. The van der Waals surface area contributed by atoms with E-state index in [4.69, 9.17) is 4.74 Å². The van der Waals surface area contributed by atoms with Gasteiger partial charge in [0.15, 0.2) is 0 Å². The second kappa shape index (κ2) is 13.7. The lowest BCUT2D eigenvalue weighted by Crippen LogP contribution is -2.08. The minimum Gasteiger partial charge on any atom is -0.423 e. The monoisotopic (exact) mass is 462 g/mol. The van der Waals surface area contributed by atoms with E-state index in [0.717, 1.165) is 23.5 Å². The second-order valence-corrected chi connectivity index (χ2v) is 9.38. The van der Waals surface area contributed by atoms with Crippen LogP contribution in [0, 0.1) is 0 Å². The summed E-state index contributed by atoms with van der Waals surface area (Å²) in [5, 5.41) is 0.769. The number of aryl methyl sites for hydroxylation is 2. The van der Waals surface area contributed by atoms with E-state index < -0.39 is 0 Å². The molecule has 1 aromatic heterocycles. The molecule has 0 fully saturated rings. The zero-order chi connectivity index (χ0) is 23.3. The van der Waals surface area contributed by atoms with Crippen molar-refractivity contribution in [3.05, 3.63) is 76.3 Å². The van der Waals surface area contributed by atoms with Gasteiger partial charge >= 0.3 is 5.97 Å². The number of hydrogen-bond acceptors (Lipinski definition) is 5. The first-order chi connectivity index (χ1) is 16.2. The van der Waals surface area contributed by atoms with E-state index in [1.54, 1.807) is 29.7 Å². The minimum atomic E-state index is -0.340. The second-order valence-electron chi connectivity index (χ2n) is 8.29. The summed E-state index contributed by atoms with van der Waals surface area (Å²) in [5.41, 5.74) is 2.76. The largest absolute Gasteiger partial charge is 0.423 e. The quantitative estimate of drug-likeness (QED) is 0.112. The molecular formula is C28H34N2O2S. The Labute approximate surface area is 201 Å². The Kier molecular flexibility index (Phi) is 10.3. The third kappa shape index (κ3) is 8.58. The van der Waals surface area contributed by atoms with Crippen LogP contribution in [0.4, 0.5) is 5.13 Å². The fraction of sp³-hybridized carbons (Fsp3) is 0.393. The van der Waals surface area contributed by atoms with Crippen molar-refractivity contribution in [2.24, 2.45) is 4.99 Å². The van der Waals surface area contributed by atoms with Crippen LogP contribution in [-0.4, -0.2) is 17.2 Å². The summed E-state index contributed by atoms with van der Waals surface area (Å²) in [4.78, 5) is 22.6. The summed E-state index contributed by atoms with van der Waals surface area (Å²) >= 11 is 1.64. The summed E-state index contributed by atoms with van der Waals surface area (Å²) in [7, 11) is 0. The molecule has 0 unspecified atom stereocenters. The number of aromatic nitrogens is 1. The molecule has 1 heterocycles. The number of carbonyl (C=O) groups excluding carboxylic acids is 1. The molecule has 0 saturated carbocycles. The van der Waals surface area contributed by atoms with E-state index in [0.29, 0.717) is 11.3 Å². The molecule has 0 saturated heterocycles. The first kappa shape index (κ1) is 24.8. The highest BCUT2D eigenvalue weighted by Crippen LogP contribution is 2.23. The number of ether oxygens (including phenoxy) is 1. The molecule has 2 aromatic carbocycles. The maximum absolute atomic E-state index is 12.5. The van der Waals surface area contributed by atoms with Gasteiger partial charge in [-0.15, -0.1) is 0 Å². The topological polar surface area (TPSA) is 51.5 Å². The third-order valence-corrected chi connectivity index (χ3v) is 6.46. The van der Waals surface area contributed by atoms with Gasteiger partial charge in [-0.2, -0.15) is 0 Å². The van der Waals surface area contributed by atoms with Crippen LogP contribution in [0.3, 0.4) is 0 Å². The molecule has 3 rings (SSSR count). The maximum atomic E-state index is 12.5. The van der Waals surface area contributed by atoms with E-state index in [1.165, 1.54) is 55.4 Å². The average Bonchev–Trinajstić information content (AvgIpc) is 3.30. The Morgan fingerprint density at radius 2 is 1.61 bits per heavy atom. The Bertz CT molecular complexity index is 1010. The summed E-state index contributed by atoms with van der Waals surface area (Å²) in [5.74, 6) is 0.181. The van der Waals surface area contributed by atoms with Gasteiger partial charge in [0.2, 0.25) is 5.13 Å². The van der Waals surface area contributed by atoms with Crippen LogP contribution in [0.2, 0.25) is 0 Å². The van der Waals surface area contributed by atoms with E-state index >= 15 is 0 Å². The summed E-state index contributed by atoms with van der Waals surface area (Å²) in [6, 6.07) is 15.1. The molecule has 5 heteroatoms. The number of aliphatic imine (C=N–C) groups is 1. The fourth-order valence-electron chi connectivity index (χ4n) is 3.50. The third-order valence-electron chi connectivity index (χ3n) is 5.49. The smallest absolute Gasteiger partial charge is 0.343 e.